The van der Waals surface area contributed by atoms with E-state index in [4.69, 9.17) is 4.74 Å². The zero-order valence-electron chi connectivity index (χ0n) is 16.1. The minimum Gasteiger partial charge on any atom is -0.444 e. The molecular formula is C21H23N3O4. The van der Waals surface area contributed by atoms with Gasteiger partial charge in [-0.2, -0.15) is 0 Å². The molecule has 1 atom stereocenters. The summed E-state index contributed by atoms with van der Waals surface area (Å²) in [5.41, 5.74) is 2.98. The third-order valence-corrected chi connectivity index (χ3v) is 4.49. The number of hydrogen-bond acceptors (Lipinski definition) is 5. The molecule has 1 aliphatic heterocycles. The van der Waals surface area contributed by atoms with Gasteiger partial charge in [-0.15, -0.1) is 0 Å². The molecule has 2 N–H and O–H groups in total. The van der Waals surface area contributed by atoms with Crippen molar-refractivity contribution in [3.8, 4) is 0 Å². The number of cyclic esters (lactones) is 1. The molecule has 2 amide bonds. The van der Waals surface area contributed by atoms with E-state index in [1.807, 2.05) is 32.0 Å². The third kappa shape index (κ3) is 4.37. The average Bonchev–Trinajstić information content (AvgIpc) is 3.00. The number of ether oxygens (including phenoxy) is 1. The first-order chi connectivity index (χ1) is 13.3. The number of aryl methyl sites for hydroxylation is 1. The quantitative estimate of drug-likeness (QED) is 0.752. The fraction of sp³-hybridized carbons (Fsp3) is 0.286. The van der Waals surface area contributed by atoms with Crippen molar-refractivity contribution in [3.63, 3.8) is 0 Å². The molecule has 0 aromatic heterocycles. The van der Waals surface area contributed by atoms with Crippen LogP contribution in [-0.4, -0.2) is 43.3 Å². The molecule has 1 aliphatic rings. The SMILES string of the molecule is Cc1ccc(NC(=O)C2OC(=O)c3ccccc32)cc1NC(=O)CCN(C)C. The highest BCUT2D eigenvalue weighted by Crippen LogP contribution is 2.31. The lowest BCUT2D eigenvalue weighted by Crippen LogP contribution is -2.22. The highest BCUT2D eigenvalue weighted by atomic mass is 16.6. The molecule has 7 heteroatoms. The number of carbonyl (C=O) groups is 3. The summed E-state index contributed by atoms with van der Waals surface area (Å²) in [5.74, 6) is -1.04. The molecule has 7 nitrogen and oxygen atoms in total. The van der Waals surface area contributed by atoms with E-state index in [0.717, 1.165) is 5.56 Å². The van der Waals surface area contributed by atoms with Crippen LogP contribution >= 0.6 is 0 Å². The van der Waals surface area contributed by atoms with Crippen LogP contribution in [0.15, 0.2) is 42.5 Å². The number of nitrogens with zero attached hydrogens (tertiary/aromatic N) is 1. The van der Waals surface area contributed by atoms with Gasteiger partial charge in [0.25, 0.3) is 5.91 Å². The molecule has 2 aromatic rings. The Kier molecular flexibility index (Phi) is 5.75. The summed E-state index contributed by atoms with van der Waals surface area (Å²) in [6, 6.07) is 12.1. The smallest absolute Gasteiger partial charge is 0.339 e. The van der Waals surface area contributed by atoms with Crippen molar-refractivity contribution < 1.29 is 19.1 Å². The lowest BCUT2D eigenvalue weighted by Gasteiger charge is -2.15. The Morgan fingerprint density at radius 3 is 2.61 bits per heavy atom. The topological polar surface area (TPSA) is 87.7 Å². The molecule has 2 aromatic carbocycles. The number of nitrogens with one attached hydrogen (secondary N) is 2. The summed E-state index contributed by atoms with van der Waals surface area (Å²) in [6.45, 7) is 2.52. The lowest BCUT2D eigenvalue weighted by molar-refractivity contribution is -0.124. The van der Waals surface area contributed by atoms with E-state index >= 15 is 0 Å². The number of hydrogen-bond donors (Lipinski definition) is 2. The fourth-order valence-corrected chi connectivity index (χ4v) is 2.92. The zero-order valence-corrected chi connectivity index (χ0v) is 16.1. The first-order valence-corrected chi connectivity index (χ1v) is 9.01. The first kappa shape index (κ1) is 19.6. The van der Waals surface area contributed by atoms with Crippen LogP contribution in [-0.2, 0) is 14.3 Å². The van der Waals surface area contributed by atoms with Crippen LogP contribution in [0.3, 0.4) is 0 Å². The number of amides is 2. The van der Waals surface area contributed by atoms with Crippen molar-refractivity contribution in [2.24, 2.45) is 0 Å². The number of fused-ring (bicyclic) bond motifs is 1. The Hall–Kier alpha value is -3.19. The molecule has 0 radical (unpaired) electrons. The van der Waals surface area contributed by atoms with Gasteiger partial charge in [-0.1, -0.05) is 24.3 Å². The largest absolute Gasteiger partial charge is 0.444 e. The molecule has 0 fully saturated rings. The number of benzene rings is 2. The van der Waals surface area contributed by atoms with E-state index < -0.39 is 18.0 Å². The second-order valence-corrected chi connectivity index (χ2v) is 6.99. The number of esters is 1. The van der Waals surface area contributed by atoms with E-state index in [1.165, 1.54) is 0 Å². The van der Waals surface area contributed by atoms with Crippen molar-refractivity contribution in [1.82, 2.24) is 4.90 Å². The van der Waals surface area contributed by atoms with Crippen LogP contribution in [0.25, 0.3) is 0 Å². The molecule has 1 unspecified atom stereocenters. The van der Waals surface area contributed by atoms with E-state index in [-0.39, 0.29) is 5.91 Å². The summed E-state index contributed by atoms with van der Waals surface area (Å²) >= 11 is 0. The second-order valence-electron chi connectivity index (χ2n) is 6.99. The van der Waals surface area contributed by atoms with Gasteiger partial charge in [0.1, 0.15) is 0 Å². The summed E-state index contributed by atoms with van der Waals surface area (Å²) in [6.07, 6.45) is -0.610. The van der Waals surface area contributed by atoms with Gasteiger partial charge in [-0.25, -0.2) is 4.79 Å². The van der Waals surface area contributed by atoms with Crippen molar-refractivity contribution in [2.75, 3.05) is 31.3 Å². The van der Waals surface area contributed by atoms with Crippen LogP contribution in [0.5, 0.6) is 0 Å². The third-order valence-electron chi connectivity index (χ3n) is 4.49. The normalized spacial score (nSPS) is 15.1. The van der Waals surface area contributed by atoms with Crippen molar-refractivity contribution in [3.05, 3.63) is 59.2 Å². The van der Waals surface area contributed by atoms with Crippen LogP contribution < -0.4 is 10.6 Å². The molecule has 3 rings (SSSR count). The Bertz CT molecular complexity index is 924. The van der Waals surface area contributed by atoms with E-state index in [9.17, 15) is 14.4 Å². The van der Waals surface area contributed by atoms with Crippen LogP contribution in [0.1, 0.15) is 34.0 Å². The van der Waals surface area contributed by atoms with Gasteiger partial charge in [-0.05, 0) is 44.8 Å². The lowest BCUT2D eigenvalue weighted by atomic mass is 10.0. The zero-order chi connectivity index (χ0) is 20.3. The highest BCUT2D eigenvalue weighted by molar-refractivity contribution is 6.04. The first-order valence-electron chi connectivity index (χ1n) is 9.01. The van der Waals surface area contributed by atoms with Gasteiger partial charge < -0.3 is 20.3 Å². The second kappa shape index (κ2) is 8.22. The molecular weight excluding hydrogens is 358 g/mol. The summed E-state index contributed by atoms with van der Waals surface area (Å²) in [7, 11) is 3.81. The van der Waals surface area contributed by atoms with Crippen molar-refractivity contribution in [1.29, 1.82) is 0 Å². The van der Waals surface area contributed by atoms with E-state index in [0.29, 0.717) is 35.5 Å². The van der Waals surface area contributed by atoms with Crippen LogP contribution in [0.2, 0.25) is 0 Å². The molecule has 0 aliphatic carbocycles. The van der Waals surface area contributed by atoms with Gasteiger partial charge in [0, 0.05) is 29.9 Å². The Morgan fingerprint density at radius 2 is 1.86 bits per heavy atom. The average molecular weight is 381 g/mol. The number of anilines is 2. The minimum atomic E-state index is -0.983. The predicted octanol–water partition coefficient (Wildman–Crippen LogP) is 2.74. The molecule has 0 saturated heterocycles. The van der Waals surface area contributed by atoms with Crippen molar-refractivity contribution in [2.45, 2.75) is 19.4 Å². The standard InChI is InChI=1S/C21H23N3O4/c1-13-8-9-14(12-17(13)23-18(25)10-11-24(2)3)22-20(26)19-15-6-4-5-7-16(15)21(27)28-19/h4-9,12,19H,10-11H2,1-3H3,(H,22,26)(H,23,25). The maximum absolute atomic E-state index is 12.6. The number of carbonyl (C=O) groups excluding carboxylic acids is 3. The summed E-state index contributed by atoms with van der Waals surface area (Å²) in [4.78, 5) is 38.6. The van der Waals surface area contributed by atoms with E-state index in [2.05, 4.69) is 10.6 Å². The van der Waals surface area contributed by atoms with Crippen molar-refractivity contribution >= 4 is 29.2 Å². The van der Waals surface area contributed by atoms with Gasteiger partial charge in [-0.3, -0.25) is 9.59 Å². The van der Waals surface area contributed by atoms with Gasteiger partial charge >= 0.3 is 5.97 Å². The van der Waals surface area contributed by atoms with Gasteiger partial charge in [0.2, 0.25) is 12.0 Å². The maximum Gasteiger partial charge on any atom is 0.339 e. The summed E-state index contributed by atoms with van der Waals surface area (Å²) in [5, 5.41) is 5.63. The Balaban J connectivity index is 1.70. The molecule has 0 saturated carbocycles. The molecule has 28 heavy (non-hydrogen) atoms. The van der Waals surface area contributed by atoms with Crippen LogP contribution in [0.4, 0.5) is 11.4 Å². The Labute approximate surface area is 163 Å². The molecule has 146 valence electrons. The monoisotopic (exact) mass is 381 g/mol. The van der Waals surface area contributed by atoms with Gasteiger partial charge in [0.15, 0.2) is 0 Å². The molecule has 1 heterocycles. The predicted molar refractivity (Wildman–Crippen MR) is 106 cm³/mol. The maximum atomic E-state index is 12.6. The Morgan fingerprint density at radius 1 is 1.11 bits per heavy atom. The number of rotatable bonds is 6. The molecule has 0 bridgehead atoms. The molecule has 0 spiro atoms. The minimum absolute atomic E-state index is 0.0982. The van der Waals surface area contributed by atoms with E-state index in [1.54, 1.807) is 36.4 Å². The summed E-state index contributed by atoms with van der Waals surface area (Å²) < 4.78 is 5.21. The highest BCUT2D eigenvalue weighted by Gasteiger charge is 2.35. The van der Waals surface area contributed by atoms with Gasteiger partial charge in [0.05, 0.1) is 5.56 Å². The van der Waals surface area contributed by atoms with Crippen LogP contribution in [0, 0.1) is 6.92 Å². The fourth-order valence-electron chi connectivity index (χ4n) is 2.92.